The van der Waals surface area contributed by atoms with Crippen LogP contribution in [-0.2, 0) is 11.3 Å². The minimum atomic E-state index is -0.610. The van der Waals surface area contributed by atoms with E-state index in [1.54, 1.807) is 24.7 Å². The highest BCUT2D eigenvalue weighted by Crippen LogP contribution is 2.18. The van der Waals surface area contributed by atoms with Gasteiger partial charge in [0, 0.05) is 29.3 Å². The molecule has 0 aromatic carbocycles. The third kappa shape index (κ3) is 3.20. The van der Waals surface area contributed by atoms with Gasteiger partial charge in [0.1, 0.15) is 11.3 Å². The SMILES string of the molecule is Cc1cc(C(=O)COC(=O)c2cnn3ccncc23)c(C)n1Cc1ccco1. The van der Waals surface area contributed by atoms with Gasteiger partial charge in [0.15, 0.2) is 6.61 Å². The highest BCUT2D eigenvalue weighted by molar-refractivity contribution is 6.02. The Hall–Kier alpha value is -3.68. The molecule has 4 aromatic rings. The zero-order valence-corrected chi connectivity index (χ0v) is 15.5. The maximum atomic E-state index is 12.6. The van der Waals surface area contributed by atoms with Crippen LogP contribution in [0, 0.1) is 13.8 Å². The fraction of sp³-hybridized carbons (Fsp3) is 0.200. The molecule has 0 unspecified atom stereocenters. The van der Waals surface area contributed by atoms with E-state index in [2.05, 4.69) is 10.1 Å². The van der Waals surface area contributed by atoms with Gasteiger partial charge in [0.25, 0.3) is 0 Å². The molecule has 4 rings (SSSR count). The van der Waals surface area contributed by atoms with E-state index in [1.165, 1.54) is 16.9 Å². The number of esters is 1. The molecule has 0 amide bonds. The fourth-order valence-corrected chi connectivity index (χ4v) is 3.16. The van der Waals surface area contributed by atoms with Gasteiger partial charge in [0.2, 0.25) is 5.78 Å². The van der Waals surface area contributed by atoms with Crippen molar-refractivity contribution >= 4 is 17.3 Å². The molecule has 0 bridgehead atoms. The number of Topliss-reactive ketones (excluding diaryl/α,β-unsaturated/α-hetero) is 1. The third-order valence-electron chi connectivity index (χ3n) is 4.65. The molecule has 0 saturated heterocycles. The van der Waals surface area contributed by atoms with Crippen LogP contribution >= 0.6 is 0 Å². The van der Waals surface area contributed by atoms with Crippen LogP contribution in [0.3, 0.4) is 0 Å². The number of furan rings is 1. The van der Waals surface area contributed by atoms with Crippen LogP contribution in [0.1, 0.15) is 37.9 Å². The monoisotopic (exact) mass is 378 g/mol. The highest BCUT2D eigenvalue weighted by atomic mass is 16.5. The van der Waals surface area contributed by atoms with Gasteiger partial charge in [-0.05, 0) is 32.0 Å². The molecule has 8 nitrogen and oxygen atoms in total. The molecule has 0 aliphatic rings. The number of rotatable bonds is 6. The Labute approximate surface area is 160 Å². The van der Waals surface area contributed by atoms with Gasteiger partial charge in [-0.15, -0.1) is 0 Å². The number of aromatic nitrogens is 4. The van der Waals surface area contributed by atoms with Gasteiger partial charge >= 0.3 is 5.97 Å². The van der Waals surface area contributed by atoms with Crippen LogP contribution in [0.2, 0.25) is 0 Å². The van der Waals surface area contributed by atoms with E-state index in [0.29, 0.717) is 17.6 Å². The normalized spacial score (nSPS) is 11.1. The van der Waals surface area contributed by atoms with E-state index < -0.39 is 5.97 Å². The maximum absolute atomic E-state index is 12.6. The second-order valence-corrected chi connectivity index (χ2v) is 6.41. The molecule has 0 saturated carbocycles. The first kappa shape index (κ1) is 17.7. The van der Waals surface area contributed by atoms with Crippen LogP contribution in [0.25, 0.3) is 5.52 Å². The number of hydrogen-bond donors (Lipinski definition) is 0. The Kier molecular flexibility index (Phi) is 4.52. The first-order chi connectivity index (χ1) is 13.5. The smallest absolute Gasteiger partial charge is 0.342 e. The first-order valence-electron chi connectivity index (χ1n) is 8.71. The number of ketones is 1. The number of carbonyl (C=O) groups excluding carboxylic acids is 2. The zero-order valence-electron chi connectivity index (χ0n) is 15.5. The molecular formula is C20H18N4O4. The molecule has 0 N–H and O–H groups in total. The lowest BCUT2D eigenvalue weighted by molar-refractivity contribution is 0.0476. The number of hydrogen-bond acceptors (Lipinski definition) is 6. The summed E-state index contributed by atoms with van der Waals surface area (Å²) < 4.78 is 14.1. The molecule has 8 heteroatoms. The highest BCUT2D eigenvalue weighted by Gasteiger charge is 2.20. The first-order valence-corrected chi connectivity index (χ1v) is 8.71. The van der Waals surface area contributed by atoms with Crippen LogP contribution < -0.4 is 0 Å². The second kappa shape index (κ2) is 7.15. The van der Waals surface area contributed by atoms with Crippen molar-refractivity contribution in [2.24, 2.45) is 0 Å². The number of ether oxygens (including phenoxy) is 1. The summed E-state index contributed by atoms with van der Waals surface area (Å²) in [5.74, 6) is -0.0728. The van der Waals surface area contributed by atoms with Crippen LogP contribution in [-0.4, -0.2) is 37.5 Å². The van der Waals surface area contributed by atoms with Gasteiger partial charge in [-0.2, -0.15) is 5.10 Å². The molecule has 28 heavy (non-hydrogen) atoms. The third-order valence-corrected chi connectivity index (χ3v) is 4.65. The lowest BCUT2D eigenvalue weighted by atomic mass is 10.1. The van der Waals surface area contributed by atoms with Gasteiger partial charge in [-0.3, -0.25) is 9.78 Å². The van der Waals surface area contributed by atoms with Crippen molar-refractivity contribution in [2.45, 2.75) is 20.4 Å². The average Bonchev–Trinajstić information content (AvgIpc) is 3.42. The van der Waals surface area contributed by atoms with Crippen molar-refractivity contribution in [2.75, 3.05) is 6.61 Å². The molecule has 0 spiro atoms. The number of fused-ring (bicyclic) bond motifs is 1. The number of nitrogens with zero attached hydrogens (tertiary/aromatic N) is 4. The molecule has 0 fully saturated rings. The van der Waals surface area contributed by atoms with E-state index >= 15 is 0 Å². The van der Waals surface area contributed by atoms with Crippen LogP contribution in [0.15, 0.2) is 53.7 Å². The Morgan fingerprint density at radius 3 is 2.86 bits per heavy atom. The van der Waals surface area contributed by atoms with Crippen molar-refractivity contribution < 1.29 is 18.7 Å². The molecule has 4 aromatic heterocycles. The van der Waals surface area contributed by atoms with Crippen molar-refractivity contribution in [3.63, 3.8) is 0 Å². The van der Waals surface area contributed by atoms with Crippen LogP contribution in [0.5, 0.6) is 0 Å². The minimum Gasteiger partial charge on any atom is -0.467 e. The summed E-state index contributed by atoms with van der Waals surface area (Å²) in [5, 5.41) is 4.07. The molecular weight excluding hydrogens is 360 g/mol. The van der Waals surface area contributed by atoms with Crippen molar-refractivity contribution in [1.82, 2.24) is 19.2 Å². The topological polar surface area (TPSA) is 91.6 Å². The Morgan fingerprint density at radius 2 is 2.07 bits per heavy atom. The quantitative estimate of drug-likeness (QED) is 0.378. The van der Waals surface area contributed by atoms with Crippen molar-refractivity contribution in [1.29, 1.82) is 0 Å². The lowest BCUT2D eigenvalue weighted by Gasteiger charge is -2.08. The molecule has 142 valence electrons. The summed E-state index contributed by atoms with van der Waals surface area (Å²) in [6.45, 7) is 3.97. The maximum Gasteiger partial charge on any atom is 0.342 e. The largest absolute Gasteiger partial charge is 0.467 e. The van der Waals surface area contributed by atoms with E-state index in [0.717, 1.165) is 17.1 Å². The Morgan fingerprint density at radius 1 is 1.21 bits per heavy atom. The van der Waals surface area contributed by atoms with Gasteiger partial charge in [0.05, 0.1) is 30.7 Å². The Balaban J connectivity index is 1.47. The van der Waals surface area contributed by atoms with Gasteiger partial charge < -0.3 is 13.7 Å². The van der Waals surface area contributed by atoms with E-state index in [4.69, 9.17) is 9.15 Å². The molecule has 4 heterocycles. The zero-order chi connectivity index (χ0) is 19.7. The van der Waals surface area contributed by atoms with E-state index in [-0.39, 0.29) is 18.0 Å². The summed E-state index contributed by atoms with van der Waals surface area (Å²) >= 11 is 0. The summed E-state index contributed by atoms with van der Waals surface area (Å²) in [5.41, 5.74) is 3.05. The molecule has 0 aliphatic heterocycles. The fourth-order valence-electron chi connectivity index (χ4n) is 3.16. The average molecular weight is 378 g/mol. The second-order valence-electron chi connectivity index (χ2n) is 6.41. The predicted molar refractivity (Wildman–Crippen MR) is 99.3 cm³/mol. The minimum absolute atomic E-state index is 0.262. The van der Waals surface area contributed by atoms with Gasteiger partial charge in [-0.25, -0.2) is 9.31 Å². The molecule has 0 radical (unpaired) electrons. The summed E-state index contributed by atoms with van der Waals surface area (Å²) in [7, 11) is 0. The predicted octanol–water partition coefficient (Wildman–Crippen LogP) is 2.83. The summed E-state index contributed by atoms with van der Waals surface area (Å²) in [6, 6.07) is 5.51. The van der Waals surface area contributed by atoms with Crippen LogP contribution in [0.4, 0.5) is 0 Å². The molecule has 0 atom stereocenters. The standard InChI is InChI=1S/C20H18N4O4/c1-13-8-16(14(2)23(13)11-15-4-3-7-27-15)19(25)12-28-20(26)17-9-22-24-6-5-21-10-18(17)24/h3-10H,11-12H2,1-2H3. The summed E-state index contributed by atoms with van der Waals surface area (Å²) in [4.78, 5) is 29.0. The number of aryl methyl sites for hydroxylation is 1. The van der Waals surface area contributed by atoms with E-state index in [1.807, 2.05) is 30.5 Å². The van der Waals surface area contributed by atoms with Crippen molar-refractivity contribution in [3.05, 3.63) is 77.5 Å². The van der Waals surface area contributed by atoms with Crippen molar-refractivity contribution in [3.8, 4) is 0 Å². The Bertz CT molecular complexity index is 1150. The number of carbonyl (C=O) groups is 2. The molecule has 0 aliphatic carbocycles. The lowest BCUT2D eigenvalue weighted by Crippen LogP contribution is -2.15. The van der Waals surface area contributed by atoms with E-state index in [9.17, 15) is 9.59 Å². The van der Waals surface area contributed by atoms with Gasteiger partial charge in [-0.1, -0.05) is 0 Å². The summed E-state index contributed by atoms with van der Waals surface area (Å²) in [6.07, 6.45) is 7.74.